The van der Waals surface area contributed by atoms with Gasteiger partial charge in [0.15, 0.2) is 16.6 Å². The molecule has 0 unspecified atom stereocenters. The van der Waals surface area contributed by atoms with Crippen LogP contribution in [0.3, 0.4) is 0 Å². The second-order valence-electron chi connectivity index (χ2n) is 3.28. The molecule has 0 amide bonds. The van der Waals surface area contributed by atoms with E-state index < -0.39 is 0 Å². The number of rotatable bonds is 4. The van der Waals surface area contributed by atoms with Crippen molar-refractivity contribution in [3.8, 4) is 11.5 Å². The van der Waals surface area contributed by atoms with Gasteiger partial charge in [-0.2, -0.15) is 5.10 Å². The third kappa shape index (κ3) is 4.15. The molecule has 18 heavy (non-hydrogen) atoms. The van der Waals surface area contributed by atoms with Gasteiger partial charge >= 0.3 is 0 Å². The number of hydrogen-bond donors (Lipinski definition) is 3. The number of hydrazone groups is 1. The van der Waals surface area contributed by atoms with Crippen LogP contribution < -0.4 is 15.5 Å². The summed E-state index contributed by atoms with van der Waals surface area (Å²) in [5.41, 5.74) is 3.37. The van der Waals surface area contributed by atoms with Crippen molar-refractivity contribution in [2.75, 3.05) is 13.7 Å². The minimum atomic E-state index is 0.0522. The Bertz CT molecular complexity index is 466. The first-order chi connectivity index (χ1) is 8.58. The summed E-state index contributed by atoms with van der Waals surface area (Å²) in [6, 6.07) is 3.21. The number of phenolic OH excluding ortho intramolecular Hbond substituents is 1. The molecular weight excluding hydrogens is 318 g/mol. The smallest absolute Gasteiger partial charge is 0.186 e. The van der Waals surface area contributed by atoms with Crippen LogP contribution in [-0.4, -0.2) is 30.1 Å². The Labute approximate surface area is 119 Å². The van der Waals surface area contributed by atoms with Crippen LogP contribution in [0.2, 0.25) is 0 Å². The van der Waals surface area contributed by atoms with Crippen molar-refractivity contribution in [2.45, 2.75) is 6.92 Å². The zero-order valence-electron chi connectivity index (χ0n) is 10.0. The van der Waals surface area contributed by atoms with E-state index in [9.17, 15) is 5.11 Å². The number of benzene rings is 1. The first-order valence-electron chi connectivity index (χ1n) is 5.21. The van der Waals surface area contributed by atoms with Gasteiger partial charge in [-0.3, -0.25) is 5.43 Å². The van der Waals surface area contributed by atoms with Gasteiger partial charge in [0, 0.05) is 16.6 Å². The minimum Gasteiger partial charge on any atom is -0.504 e. The summed E-state index contributed by atoms with van der Waals surface area (Å²) in [7, 11) is 1.49. The van der Waals surface area contributed by atoms with Crippen molar-refractivity contribution in [3.63, 3.8) is 0 Å². The van der Waals surface area contributed by atoms with E-state index in [1.54, 1.807) is 18.3 Å². The molecule has 0 aromatic heterocycles. The summed E-state index contributed by atoms with van der Waals surface area (Å²) in [5, 5.41) is 16.9. The van der Waals surface area contributed by atoms with Gasteiger partial charge in [0.05, 0.1) is 13.3 Å². The fourth-order valence-electron chi connectivity index (χ4n) is 1.18. The van der Waals surface area contributed by atoms with Crippen molar-refractivity contribution < 1.29 is 9.84 Å². The highest BCUT2D eigenvalue weighted by Gasteiger charge is 2.06. The molecule has 0 heterocycles. The lowest BCUT2D eigenvalue weighted by molar-refractivity contribution is 0.373. The molecule has 0 fully saturated rings. The van der Waals surface area contributed by atoms with E-state index in [0.717, 1.165) is 11.0 Å². The van der Waals surface area contributed by atoms with Crippen LogP contribution in [0.5, 0.6) is 11.5 Å². The minimum absolute atomic E-state index is 0.0522. The average molecular weight is 332 g/mol. The molecule has 7 heteroatoms. The molecule has 3 N–H and O–H groups in total. The van der Waals surface area contributed by atoms with Gasteiger partial charge in [-0.05, 0) is 47.2 Å². The number of nitrogens with one attached hydrogen (secondary N) is 2. The average Bonchev–Trinajstić information content (AvgIpc) is 2.33. The Hall–Kier alpha value is -1.34. The Balaban J connectivity index is 2.76. The summed E-state index contributed by atoms with van der Waals surface area (Å²) in [6.07, 6.45) is 1.55. The molecular formula is C11H14BrN3O2S. The third-order valence-corrected chi connectivity index (χ3v) is 2.93. The van der Waals surface area contributed by atoms with Gasteiger partial charge in [-0.15, -0.1) is 0 Å². The van der Waals surface area contributed by atoms with Gasteiger partial charge in [0.25, 0.3) is 0 Å². The van der Waals surface area contributed by atoms with Crippen LogP contribution in [-0.2, 0) is 0 Å². The van der Waals surface area contributed by atoms with Crippen molar-refractivity contribution in [1.29, 1.82) is 0 Å². The molecule has 1 aromatic rings. The van der Waals surface area contributed by atoms with Crippen LogP contribution in [0.25, 0.3) is 0 Å². The summed E-state index contributed by atoms with van der Waals surface area (Å²) >= 11 is 8.31. The molecule has 0 aliphatic carbocycles. The highest BCUT2D eigenvalue weighted by molar-refractivity contribution is 9.10. The van der Waals surface area contributed by atoms with Gasteiger partial charge < -0.3 is 15.2 Å². The topological polar surface area (TPSA) is 65.9 Å². The largest absolute Gasteiger partial charge is 0.504 e. The Kier molecular flexibility index (Phi) is 5.87. The van der Waals surface area contributed by atoms with E-state index >= 15 is 0 Å². The van der Waals surface area contributed by atoms with Crippen LogP contribution in [0.15, 0.2) is 21.7 Å². The summed E-state index contributed by atoms with van der Waals surface area (Å²) < 4.78 is 5.75. The van der Waals surface area contributed by atoms with Gasteiger partial charge in [0.1, 0.15) is 0 Å². The highest BCUT2D eigenvalue weighted by Crippen LogP contribution is 2.31. The second kappa shape index (κ2) is 7.17. The molecule has 0 atom stereocenters. The van der Waals surface area contributed by atoms with Gasteiger partial charge in [0.2, 0.25) is 0 Å². The first kappa shape index (κ1) is 14.7. The maximum atomic E-state index is 9.64. The van der Waals surface area contributed by atoms with Crippen molar-refractivity contribution >= 4 is 39.5 Å². The fourth-order valence-corrected chi connectivity index (χ4v) is 1.80. The van der Waals surface area contributed by atoms with Crippen molar-refractivity contribution in [1.82, 2.24) is 10.7 Å². The second-order valence-corrected chi connectivity index (χ2v) is 4.54. The lowest BCUT2D eigenvalue weighted by Crippen LogP contribution is -2.31. The normalized spacial score (nSPS) is 10.4. The number of halogens is 1. The summed E-state index contributed by atoms with van der Waals surface area (Å²) in [5.74, 6) is 0.451. The zero-order chi connectivity index (χ0) is 13.5. The number of hydrogen-bond acceptors (Lipinski definition) is 4. The maximum Gasteiger partial charge on any atom is 0.186 e. The van der Waals surface area contributed by atoms with Gasteiger partial charge in [-0.25, -0.2) is 0 Å². The third-order valence-electron chi connectivity index (χ3n) is 2.01. The van der Waals surface area contributed by atoms with Crippen LogP contribution in [0.4, 0.5) is 0 Å². The van der Waals surface area contributed by atoms with Crippen molar-refractivity contribution in [3.05, 3.63) is 22.2 Å². The maximum absolute atomic E-state index is 9.64. The summed E-state index contributed by atoms with van der Waals surface area (Å²) in [4.78, 5) is 0. The van der Waals surface area contributed by atoms with Gasteiger partial charge in [-0.1, -0.05) is 0 Å². The molecule has 0 spiro atoms. The molecule has 98 valence electrons. The van der Waals surface area contributed by atoms with E-state index in [2.05, 4.69) is 31.8 Å². The fraction of sp³-hybridized carbons (Fsp3) is 0.273. The number of ether oxygens (including phenoxy) is 1. The predicted octanol–water partition coefficient (Wildman–Crippen LogP) is 1.98. The van der Waals surface area contributed by atoms with Crippen LogP contribution in [0.1, 0.15) is 12.5 Å². The van der Waals surface area contributed by atoms with E-state index in [0.29, 0.717) is 16.4 Å². The molecule has 0 bridgehead atoms. The van der Waals surface area contributed by atoms with E-state index in [-0.39, 0.29) is 5.75 Å². The van der Waals surface area contributed by atoms with Crippen molar-refractivity contribution in [2.24, 2.45) is 5.10 Å². The highest BCUT2D eigenvalue weighted by atomic mass is 79.9. The number of methoxy groups -OCH3 is 1. The number of aromatic hydroxyl groups is 1. The quantitative estimate of drug-likeness (QED) is 0.447. The summed E-state index contributed by atoms with van der Waals surface area (Å²) in [6.45, 7) is 2.67. The lowest BCUT2D eigenvalue weighted by Gasteiger charge is -2.06. The lowest BCUT2D eigenvalue weighted by atomic mass is 10.2. The number of thiocarbonyl (C=S) groups is 1. The Morgan fingerprint density at radius 1 is 1.61 bits per heavy atom. The zero-order valence-corrected chi connectivity index (χ0v) is 12.4. The van der Waals surface area contributed by atoms with E-state index in [1.165, 1.54) is 7.11 Å². The Morgan fingerprint density at radius 2 is 2.33 bits per heavy atom. The van der Waals surface area contributed by atoms with Crippen LogP contribution in [0, 0.1) is 0 Å². The molecule has 1 aromatic carbocycles. The molecule has 5 nitrogen and oxygen atoms in total. The molecule has 0 saturated heterocycles. The SMILES string of the molecule is CCNC(=S)N/N=C\c1cc(O)c(OC)cc1Br. The van der Waals surface area contributed by atoms with E-state index in [4.69, 9.17) is 17.0 Å². The molecule has 0 aliphatic heterocycles. The molecule has 0 aliphatic rings. The predicted molar refractivity (Wildman–Crippen MR) is 79.4 cm³/mol. The molecule has 1 rings (SSSR count). The first-order valence-corrected chi connectivity index (χ1v) is 6.42. The standard InChI is InChI=1S/C11H14BrN3O2S/c1-3-13-11(18)15-14-6-7-4-9(16)10(17-2)5-8(7)12/h4-6,16H,3H2,1-2H3,(H2,13,15,18)/b14-6-. The molecule has 0 saturated carbocycles. The van der Waals surface area contributed by atoms with E-state index in [1.807, 2.05) is 6.92 Å². The Morgan fingerprint density at radius 3 is 2.94 bits per heavy atom. The number of phenols is 1. The van der Waals surface area contributed by atoms with Crippen LogP contribution >= 0.6 is 28.1 Å². The molecule has 0 radical (unpaired) electrons. The monoisotopic (exact) mass is 331 g/mol. The number of nitrogens with zero attached hydrogens (tertiary/aromatic N) is 1.